The summed E-state index contributed by atoms with van der Waals surface area (Å²) >= 11 is 0. The van der Waals surface area contributed by atoms with Crippen LogP contribution in [0.3, 0.4) is 0 Å². The largest absolute Gasteiger partial charge is 0.495 e. The van der Waals surface area contributed by atoms with Gasteiger partial charge in [0, 0.05) is 11.6 Å². The van der Waals surface area contributed by atoms with Crippen molar-refractivity contribution in [2.75, 3.05) is 0 Å². The van der Waals surface area contributed by atoms with E-state index in [9.17, 15) is 0 Å². The minimum atomic E-state index is -0.402. The Labute approximate surface area is 160 Å². The first-order valence-electron chi connectivity index (χ1n) is 9.27. The molecule has 0 atom stereocenters. The van der Waals surface area contributed by atoms with E-state index < -0.39 is 7.12 Å². The van der Waals surface area contributed by atoms with Gasteiger partial charge in [-0.1, -0.05) is 42.5 Å². The Balaban J connectivity index is 1.59. The zero-order valence-corrected chi connectivity index (χ0v) is 16.2. The molecule has 0 aliphatic carbocycles. The molecule has 4 rings (SSSR count). The van der Waals surface area contributed by atoms with Crippen LogP contribution in [0.25, 0.3) is 10.9 Å². The molecule has 1 aromatic heterocycles. The van der Waals surface area contributed by atoms with Gasteiger partial charge in [-0.15, -0.1) is 0 Å². The van der Waals surface area contributed by atoms with Gasteiger partial charge in [0.25, 0.3) is 0 Å². The van der Waals surface area contributed by atoms with Crippen LogP contribution in [-0.2, 0) is 15.9 Å². The monoisotopic (exact) mass is 361 g/mol. The van der Waals surface area contributed by atoms with Gasteiger partial charge in [0.15, 0.2) is 0 Å². The standard InChI is InChI=1S/C22H24BNO3/c1-21(2)22(3,4)27-23(26-21)18-12-6-5-9-17(18)15-25-19-13-7-10-16-11-8-14-24-20(16)19/h5-14H,15H2,1-4H3. The van der Waals surface area contributed by atoms with E-state index in [-0.39, 0.29) is 11.2 Å². The Morgan fingerprint density at radius 3 is 2.37 bits per heavy atom. The van der Waals surface area contributed by atoms with Crippen molar-refractivity contribution in [2.45, 2.75) is 45.5 Å². The van der Waals surface area contributed by atoms with E-state index in [1.54, 1.807) is 6.20 Å². The first-order valence-corrected chi connectivity index (χ1v) is 9.27. The number of fused-ring (bicyclic) bond motifs is 1. The fraction of sp³-hybridized carbons (Fsp3) is 0.318. The summed E-state index contributed by atoms with van der Waals surface area (Å²) in [5.41, 5.74) is 2.18. The number of nitrogens with zero attached hydrogens (tertiary/aromatic N) is 1. The van der Waals surface area contributed by atoms with E-state index in [1.807, 2.05) is 48.5 Å². The summed E-state index contributed by atoms with van der Waals surface area (Å²) in [6.07, 6.45) is 1.79. The van der Waals surface area contributed by atoms with Crippen molar-refractivity contribution < 1.29 is 14.0 Å². The molecule has 3 aromatic rings. The second kappa shape index (κ2) is 6.66. The molecule has 0 amide bonds. The summed E-state index contributed by atoms with van der Waals surface area (Å²) in [7, 11) is -0.402. The second-order valence-electron chi connectivity index (χ2n) is 7.91. The molecule has 5 heteroatoms. The predicted octanol–water partition coefficient (Wildman–Crippen LogP) is 4.11. The molecule has 1 aliphatic heterocycles. The molecule has 0 saturated carbocycles. The van der Waals surface area contributed by atoms with Crippen molar-refractivity contribution in [2.24, 2.45) is 0 Å². The zero-order valence-electron chi connectivity index (χ0n) is 16.2. The van der Waals surface area contributed by atoms with Crippen LogP contribution in [0.15, 0.2) is 60.8 Å². The van der Waals surface area contributed by atoms with Gasteiger partial charge in [-0.05, 0) is 50.9 Å². The maximum Gasteiger partial charge on any atom is 0.495 e. The highest BCUT2D eigenvalue weighted by molar-refractivity contribution is 6.62. The molecule has 0 unspecified atom stereocenters. The van der Waals surface area contributed by atoms with Crippen LogP contribution in [0.5, 0.6) is 5.75 Å². The molecular formula is C22H24BNO3. The fourth-order valence-corrected chi connectivity index (χ4v) is 3.21. The summed E-state index contributed by atoms with van der Waals surface area (Å²) in [6.45, 7) is 8.68. The molecule has 0 bridgehead atoms. The third-order valence-corrected chi connectivity index (χ3v) is 5.54. The Morgan fingerprint density at radius 1 is 0.889 bits per heavy atom. The second-order valence-corrected chi connectivity index (χ2v) is 7.91. The minimum Gasteiger partial charge on any atom is -0.487 e. The molecule has 2 aromatic carbocycles. The van der Waals surface area contributed by atoms with Crippen molar-refractivity contribution in [3.05, 3.63) is 66.4 Å². The zero-order chi connectivity index (χ0) is 19.1. The SMILES string of the molecule is CC1(C)OB(c2ccccc2COc2cccc3cccnc23)OC1(C)C. The van der Waals surface area contributed by atoms with Crippen LogP contribution in [-0.4, -0.2) is 23.3 Å². The van der Waals surface area contributed by atoms with Crippen LogP contribution < -0.4 is 10.2 Å². The number of aromatic nitrogens is 1. The number of ether oxygens (including phenoxy) is 1. The van der Waals surface area contributed by atoms with Gasteiger partial charge in [-0.3, -0.25) is 4.98 Å². The maximum absolute atomic E-state index is 6.22. The van der Waals surface area contributed by atoms with Gasteiger partial charge in [0.05, 0.1) is 11.2 Å². The third kappa shape index (κ3) is 3.33. The summed E-state index contributed by atoms with van der Waals surface area (Å²) in [5.74, 6) is 0.775. The molecule has 27 heavy (non-hydrogen) atoms. The molecule has 138 valence electrons. The number of hydrogen-bond donors (Lipinski definition) is 0. The fourth-order valence-electron chi connectivity index (χ4n) is 3.21. The van der Waals surface area contributed by atoms with E-state index in [1.165, 1.54) is 0 Å². The van der Waals surface area contributed by atoms with Crippen molar-refractivity contribution in [1.29, 1.82) is 0 Å². The molecule has 0 radical (unpaired) electrons. The lowest BCUT2D eigenvalue weighted by molar-refractivity contribution is 0.00578. The molecule has 4 nitrogen and oxygen atoms in total. The van der Waals surface area contributed by atoms with Crippen molar-refractivity contribution in [3.63, 3.8) is 0 Å². The van der Waals surface area contributed by atoms with Crippen molar-refractivity contribution >= 4 is 23.5 Å². The number of benzene rings is 2. The highest BCUT2D eigenvalue weighted by Crippen LogP contribution is 2.36. The lowest BCUT2D eigenvalue weighted by atomic mass is 9.76. The van der Waals surface area contributed by atoms with E-state index in [4.69, 9.17) is 14.0 Å². The highest BCUT2D eigenvalue weighted by atomic mass is 16.7. The lowest BCUT2D eigenvalue weighted by Gasteiger charge is -2.32. The lowest BCUT2D eigenvalue weighted by Crippen LogP contribution is -2.41. The summed E-state index contributed by atoms with van der Waals surface area (Å²) < 4.78 is 18.6. The van der Waals surface area contributed by atoms with E-state index in [0.717, 1.165) is 27.7 Å². The van der Waals surface area contributed by atoms with Crippen molar-refractivity contribution in [3.8, 4) is 5.75 Å². The van der Waals surface area contributed by atoms with Crippen LogP contribution >= 0.6 is 0 Å². The quantitative estimate of drug-likeness (QED) is 0.656. The minimum absolute atomic E-state index is 0.370. The van der Waals surface area contributed by atoms with Gasteiger partial charge >= 0.3 is 7.12 Å². The molecule has 0 N–H and O–H groups in total. The molecule has 2 heterocycles. The Kier molecular flexibility index (Phi) is 4.45. The van der Waals surface area contributed by atoms with Gasteiger partial charge in [-0.25, -0.2) is 0 Å². The van der Waals surface area contributed by atoms with Gasteiger partial charge in [0.1, 0.15) is 17.9 Å². The number of para-hydroxylation sites is 1. The molecular weight excluding hydrogens is 337 g/mol. The highest BCUT2D eigenvalue weighted by Gasteiger charge is 2.52. The van der Waals surface area contributed by atoms with Gasteiger partial charge in [-0.2, -0.15) is 0 Å². The smallest absolute Gasteiger partial charge is 0.487 e. The first-order chi connectivity index (χ1) is 12.9. The molecule has 1 fully saturated rings. The van der Waals surface area contributed by atoms with Crippen LogP contribution in [0, 0.1) is 0 Å². The average Bonchev–Trinajstić information content (AvgIpc) is 2.87. The number of rotatable bonds is 4. The number of hydrogen-bond acceptors (Lipinski definition) is 4. The van der Waals surface area contributed by atoms with Crippen molar-refractivity contribution in [1.82, 2.24) is 4.98 Å². The summed E-state index contributed by atoms with van der Waals surface area (Å²) in [4.78, 5) is 4.46. The van der Waals surface area contributed by atoms with E-state index >= 15 is 0 Å². The molecule has 1 saturated heterocycles. The Bertz CT molecular complexity index is 949. The average molecular weight is 361 g/mol. The number of pyridine rings is 1. The maximum atomic E-state index is 6.22. The summed E-state index contributed by atoms with van der Waals surface area (Å²) in [6, 6.07) is 18.0. The van der Waals surface area contributed by atoms with Gasteiger partial charge < -0.3 is 14.0 Å². The Morgan fingerprint density at radius 2 is 1.59 bits per heavy atom. The normalized spacial score (nSPS) is 18.0. The van der Waals surface area contributed by atoms with Crippen LogP contribution in [0.4, 0.5) is 0 Å². The molecule has 0 spiro atoms. The first kappa shape index (κ1) is 18.0. The van der Waals surface area contributed by atoms with E-state index in [0.29, 0.717) is 6.61 Å². The van der Waals surface area contributed by atoms with Gasteiger partial charge in [0.2, 0.25) is 0 Å². The van der Waals surface area contributed by atoms with Crippen LogP contribution in [0.2, 0.25) is 0 Å². The molecule has 1 aliphatic rings. The summed E-state index contributed by atoms with van der Waals surface area (Å²) in [5, 5.41) is 1.06. The van der Waals surface area contributed by atoms with Crippen LogP contribution in [0.1, 0.15) is 33.3 Å². The van der Waals surface area contributed by atoms with E-state index in [2.05, 4.69) is 38.7 Å². The predicted molar refractivity (Wildman–Crippen MR) is 108 cm³/mol. The third-order valence-electron chi connectivity index (χ3n) is 5.54. The topological polar surface area (TPSA) is 40.6 Å². The Hall–Kier alpha value is -2.37.